The van der Waals surface area contributed by atoms with Gasteiger partial charge in [-0.1, -0.05) is 37.1 Å². The van der Waals surface area contributed by atoms with Gasteiger partial charge < -0.3 is 5.11 Å². The number of hydrogen-bond donors (Lipinski definition) is 1. The molecule has 1 saturated carbocycles. The Morgan fingerprint density at radius 3 is 2.38 bits per heavy atom. The molecule has 1 fully saturated rings. The van der Waals surface area contributed by atoms with E-state index in [-0.39, 0.29) is 0 Å². The highest BCUT2D eigenvalue weighted by molar-refractivity contribution is 5.85. The van der Waals surface area contributed by atoms with Crippen LogP contribution < -0.4 is 0 Å². The maximum Gasteiger partial charge on any atom is 0.328 e. The third-order valence-electron chi connectivity index (χ3n) is 3.18. The molecule has 2 heteroatoms. The SMILES string of the molecule is O=C(O)/C=C/c1ccc(C2CCCC2)cc1. The van der Waals surface area contributed by atoms with Crippen LogP contribution in [0.2, 0.25) is 0 Å². The third kappa shape index (κ3) is 2.72. The molecular weight excluding hydrogens is 200 g/mol. The van der Waals surface area contributed by atoms with Crippen LogP contribution >= 0.6 is 0 Å². The van der Waals surface area contributed by atoms with E-state index >= 15 is 0 Å². The minimum atomic E-state index is -0.903. The fourth-order valence-electron chi connectivity index (χ4n) is 2.31. The molecule has 1 aliphatic carbocycles. The van der Waals surface area contributed by atoms with E-state index < -0.39 is 5.97 Å². The average Bonchev–Trinajstić information content (AvgIpc) is 2.80. The molecule has 0 unspecified atom stereocenters. The molecule has 0 heterocycles. The summed E-state index contributed by atoms with van der Waals surface area (Å²) in [6.45, 7) is 0. The van der Waals surface area contributed by atoms with Crippen LogP contribution in [0, 0.1) is 0 Å². The van der Waals surface area contributed by atoms with Gasteiger partial charge in [0.05, 0.1) is 0 Å². The number of hydrogen-bond acceptors (Lipinski definition) is 1. The number of carbonyl (C=O) groups is 1. The first-order valence-electron chi connectivity index (χ1n) is 5.76. The van der Waals surface area contributed by atoms with E-state index in [1.807, 2.05) is 12.1 Å². The lowest BCUT2D eigenvalue weighted by atomic mass is 9.97. The second-order valence-corrected chi connectivity index (χ2v) is 4.32. The van der Waals surface area contributed by atoms with Crippen LogP contribution in [0.25, 0.3) is 6.08 Å². The Labute approximate surface area is 95.6 Å². The minimum Gasteiger partial charge on any atom is -0.478 e. The van der Waals surface area contributed by atoms with Crippen molar-refractivity contribution in [3.8, 4) is 0 Å². The number of benzene rings is 1. The first-order valence-corrected chi connectivity index (χ1v) is 5.76. The lowest BCUT2D eigenvalue weighted by molar-refractivity contribution is -0.131. The van der Waals surface area contributed by atoms with Gasteiger partial charge in [0.1, 0.15) is 0 Å². The molecule has 0 saturated heterocycles. The van der Waals surface area contributed by atoms with Gasteiger partial charge in [-0.05, 0) is 36.0 Å². The van der Waals surface area contributed by atoms with Gasteiger partial charge in [-0.25, -0.2) is 4.79 Å². The highest BCUT2D eigenvalue weighted by Crippen LogP contribution is 2.33. The monoisotopic (exact) mass is 216 g/mol. The first-order chi connectivity index (χ1) is 7.75. The molecule has 0 aliphatic heterocycles. The van der Waals surface area contributed by atoms with Crippen molar-refractivity contribution in [1.82, 2.24) is 0 Å². The Morgan fingerprint density at radius 1 is 1.19 bits per heavy atom. The fourth-order valence-corrected chi connectivity index (χ4v) is 2.31. The summed E-state index contributed by atoms with van der Waals surface area (Å²) in [5.74, 6) is -0.183. The summed E-state index contributed by atoms with van der Waals surface area (Å²) in [6, 6.07) is 8.23. The van der Waals surface area contributed by atoms with Crippen LogP contribution in [-0.4, -0.2) is 11.1 Å². The second kappa shape index (κ2) is 4.97. The molecule has 1 N–H and O–H groups in total. The van der Waals surface area contributed by atoms with E-state index in [0.717, 1.165) is 11.5 Å². The normalized spacial score (nSPS) is 17.0. The molecular formula is C14H16O2. The molecule has 1 aromatic carbocycles. The number of carboxylic acid groups (broad SMARTS) is 1. The Kier molecular flexibility index (Phi) is 3.40. The summed E-state index contributed by atoms with van der Waals surface area (Å²) in [7, 11) is 0. The Hall–Kier alpha value is -1.57. The predicted molar refractivity (Wildman–Crippen MR) is 64.3 cm³/mol. The molecule has 1 aliphatic rings. The van der Waals surface area contributed by atoms with E-state index in [4.69, 9.17) is 5.11 Å². The summed E-state index contributed by atoms with van der Waals surface area (Å²) in [6.07, 6.45) is 8.07. The molecule has 16 heavy (non-hydrogen) atoms. The van der Waals surface area contributed by atoms with Gasteiger partial charge >= 0.3 is 5.97 Å². The van der Waals surface area contributed by atoms with Crippen LogP contribution in [0.5, 0.6) is 0 Å². The molecule has 0 aromatic heterocycles. The Morgan fingerprint density at radius 2 is 1.81 bits per heavy atom. The maximum atomic E-state index is 10.4. The van der Waals surface area contributed by atoms with Crippen LogP contribution in [0.1, 0.15) is 42.7 Å². The number of rotatable bonds is 3. The zero-order valence-corrected chi connectivity index (χ0v) is 9.23. The van der Waals surface area contributed by atoms with Crippen LogP contribution in [0.15, 0.2) is 30.3 Å². The van der Waals surface area contributed by atoms with Gasteiger partial charge in [-0.15, -0.1) is 0 Å². The number of aliphatic carboxylic acids is 1. The van der Waals surface area contributed by atoms with Crippen molar-refractivity contribution < 1.29 is 9.90 Å². The van der Waals surface area contributed by atoms with Crippen LogP contribution in [0.3, 0.4) is 0 Å². The standard InChI is InChI=1S/C14H16O2/c15-14(16)10-7-11-5-8-13(9-6-11)12-3-1-2-4-12/h5-10,12H,1-4H2,(H,15,16)/b10-7+. The quantitative estimate of drug-likeness (QED) is 0.786. The molecule has 0 amide bonds. The van der Waals surface area contributed by atoms with Crippen molar-refractivity contribution in [2.24, 2.45) is 0 Å². The van der Waals surface area contributed by atoms with Gasteiger partial charge in [0.2, 0.25) is 0 Å². The third-order valence-corrected chi connectivity index (χ3v) is 3.18. The van der Waals surface area contributed by atoms with E-state index in [9.17, 15) is 4.79 Å². The molecule has 84 valence electrons. The largest absolute Gasteiger partial charge is 0.478 e. The highest BCUT2D eigenvalue weighted by Gasteiger charge is 2.16. The van der Waals surface area contributed by atoms with E-state index in [2.05, 4.69) is 12.1 Å². The van der Waals surface area contributed by atoms with Crippen molar-refractivity contribution >= 4 is 12.0 Å². The maximum absolute atomic E-state index is 10.4. The van der Waals surface area contributed by atoms with E-state index in [0.29, 0.717) is 0 Å². The van der Waals surface area contributed by atoms with Crippen molar-refractivity contribution in [1.29, 1.82) is 0 Å². The lowest BCUT2D eigenvalue weighted by Gasteiger charge is -2.08. The zero-order chi connectivity index (χ0) is 11.4. The molecule has 0 atom stereocenters. The molecule has 2 nitrogen and oxygen atoms in total. The van der Waals surface area contributed by atoms with Crippen molar-refractivity contribution in [2.75, 3.05) is 0 Å². The smallest absolute Gasteiger partial charge is 0.328 e. The topological polar surface area (TPSA) is 37.3 Å². The average molecular weight is 216 g/mol. The summed E-state index contributed by atoms with van der Waals surface area (Å²) in [5.41, 5.74) is 2.34. The van der Waals surface area contributed by atoms with Crippen LogP contribution in [0.4, 0.5) is 0 Å². The number of carboxylic acids is 1. The summed E-state index contributed by atoms with van der Waals surface area (Å²) >= 11 is 0. The minimum absolute atomic E-state index is 0.720. The highest BCUT2D eigenvalue weighted by atomic mass is 16.4. The second-order valence-electron chi connectivity index (χ2n) is 4.32. The van der Waals surface area contributed by atoms with Crippen LogP contribution in [-0.2, 0) is 4.79 Å². The molecule has 2 rings (SSSR count). The molecule has 0 bridgehead atoms. The van der Waals surface area contributed by atoms with Gasteiger partial charge in [-0.2, -0.15) is 0 Å². The first kappa shape index (κ1) is 10.9. The van der Waals surface area contributed by atoms with Crippen molar-refractivity contribution in [3.05, 3.63) is 41.5 Å². The fraction of sp³-hybridized carbons (Fsp3) is 0.357. The summed E-state index contributed by atoms with van der Waals surface area (Å²) in [5, 5.41) is 8.52. The summed E-state index contributed by atoms with van der Waals surface area (Å²) < 4.78 is 0. The molecule has 1 aromatic rings. The van der Waals surface area contributed by atoms with Gasteiger partial charge in [0.15, 0.2) is 0 Å². The van der Waals surface area contributed by atoms with E-state index in [1.54, 1.807) is 6.08 Å². The van der Waals surface area contributed by atoms with Crippen molar-refractivity contribution in [2.45, 2.75) is 31.6 Å². The Balaban J connectivity index is 2.06. The molecule has 0 radical (unpaired) electrons. The summed E-state index contributed by atoms with van der Waals surface area (Å²) in [4.78, 5) is 10.4. The van der Waals surface area contributed by atoms with E-state index in [1.165, 1.54) is 37.3 Å². The molecule has 0 spiro atoms. The Bertz CT molecular complexity index is 384. The van der Waals surface area contributed by atoms with Gasteiger partial charge in [0.25, 0.3) is 0 Å². The van der Waals surface area contributed by atoms with Crippen molar-refractivity contribution in [3.63, 3.8) is 0 Å². The van der Waals surface area contributed by atoms with Gasteiger partial charge in [-0.3, -0.25) is 0 Å². The zero-order valence-electron chi connectivity index (χ0n) is 9.23. The van der Waals surface area contributed by atoms with Gasteiger partial charge in [0, 0.05) is 6.08 Å². The predicted octanol–water partition coefficient (Wildman–Crippen LogP) is 3.44. The lowest BCUT2D eigenvalue weighted by Crippen LogP contribution is -1.91.